The van der Waals surface area contributed by atoms with E-state index in [1.807, 2.05) is 0 Å². The van der Waals surface area contributed by atoms with E-state index in [-0.39, 0.29) is 30.1 Å². The maximum Gasteiger partial charge on any atom is 0.337 e. The average molecular weight is 395 g/mol. The molecular formula is C22H21NO6. The molecule has 0 aromatic heterocycles. The summed E-state index contributed by atoms with van der Waals surface area (Å²) in [6.45, 7) is 1.76. The summed E-state index contributed by atoms with van der Waals surface area (Å²) in [7, 11) is 1.29. The molecule has 2 aromatic rings. The first-order valence-electron chi connectivity index (χ1n) is 9.10. The van der Waals surface area contributed by atoms with Crippen LogP contribution < -0.4 is 0 Å². The quantitative estimate of drug-likeness (QED) is 0.729. The molecule has 1 heterocycles. The number of carbonyl (C=O) groups is 3. The Morgan fingerprint density at radius 3 is 2.38 bits per heavy atom. The number of aromatic hydroxyl groups is 1. The van der Waals surface area contributed by atoms with Crippen molar-refractivity contribution >= 4 is 17.7 Å². The molecule has 150 valence electrons. The standard InChI is InChI=1S/C22H21NO6/c1-3-17(25)18-19(15-5-4-6-16(24)11-15)23(21(27)20(18)26)12-13-7-9-14(10-8-13)22(28)29-2/h4-11,19,24,26H,3,12H2,1-2H3. The minimum atomic E-state index is -0.817. The van der Waals surface area contributed by atoms with Crippen molar-refractivity contribution in [3.8, 4) is 5.75 Å². The van der Waals surface area contributed by atoms with Gasteiger partial charge in [0.05, 0.1) is 24.3 Å². The zero-order valence-corrected chi connectivity index (χ0v) is 16.1. The lowest BCUT2D eigenvalue weighted by atomic mass is 9.94. The Morgan fingerprint density at radius 1 is 1.10 bits per heavy atom. The van der Waals surface area contributed by atoms with Gasteiger partial charge in [-0.1, -0.05) is 31.2 Å². The zero-order valence-electron chi connectivity index (χ0n) is 16.1. The number of carbonyl (C=O) groups excluding carboxylic acids is 3. The normalized spacial score (nSPS) is 16.3. The summed E-state index contributed by atoms with van der Waals surface area (Å²) < 4.78 is 4.68. The molecule has 2 N–H and O–H groups in total. The Bertz CT molecular complexity index is 993. The van der Waals surface area contributed by atoms with Crippen LogP contribution >= 0.6 is 0 Å². The summed E-state index contributed by atoms with van der Waals surface area (Å²) in [4.78, 5) is 38.2. The van der Waals surface area contributed by atoms with Crippen LogP contribution in [0.4, 0.5) is 0 Å². The lowest BCUT2D eigenvalue weighted by molar-refractivity contribution is -0.130. The van der Waals surface area contributed by atoms with E-state index in [2.05, 4.69) is 4.74 Å². The number of phenolic OH excluding ortho intramolecular Hbond substituents is 1. The fourth-order valence-corrected chi connectivity index (χ4v) is 3.39. The second-order valence-electron chi connectivity index (χ2n) is 6.66. The highest BCUT2D eigenvalue weighted by atomic mass is 16.5. The molecule has 0 fully saturated rings. The highest BCUT2D eigenvalue weighted by Gasteiger charge is 2.42. The monoisotopic (exact) mass is 395 g/mol. The molecule has 0 spiro atoms. The van der Waals surface area contributed by atoms with Crippen molar-refractivity contribution in [3.05, 3.63) is 76.6 Å². The maximum atomic E-state index is 12.8. The van der Waals surface area contributed by atoms with Crippen molar-refractivity contribution in [1.29, 1.82) is 0 Å². The molecule has 0 bridgehead atoms. The Labute approximate surface area is 167 Å². The number of hydrogen-bond acceptors (Lipinski definition) is 6. The van der Waals surface area contributed by atoms with E-state index in [1.165, 1.54) is 24.1 Å². The number of Topliss-reactive ketones (excluding diaryl/α,β-unsaturated/α-hetero) is 1. The van der Waals surface area contributed by atoms with Crippen LogP contribution in [0, 0.1) is 0 Å². The van der Waals surface area contributed by atoms with Crippen LogP contribution in [0.15, 0.2) is 59.9 Å². The molecule has 2 aromatic carbocycles. The third kappa shape index (κ3) is 3.85. The zero-order chi connectivity index (χ0) is 21.1. The number of ketones is 1. The van der Waals surface area contributed by atoms with Crippen molar-refractivity contribution in [1.82, 2.24) is 4.90 Å². The Hall–Kier alpha value is -3.61. The largest absolute Gasteiger partial charge is 0.508 e. The Morgan fingerprint density at radius 2 is 1.79 bits per heavy atom. The van der Waals surface area contributed by atoms with Crippen molar-refractivity contribution in [3.63, 3.8) is 0 Å². The molecule has 7 nitrogen and oxygen atoms in total. The third-order valence-corrected chi connectivity index (χ3v) is 4.84. The van der Waals surface area contributed by atoms with E-state index in [9.17, 15) is 24.6 Å². The number of amides is 1. The highest BCUT2D eigenvalue weighted by molar-refractivity contribution is 6.08. The van der Waals surface area contributed by atoms with Gasteiger partial charge in [0.25, 0.3) is 5.91 Å². The molecule has 0 radical (unpaired) electrons. The van der Waals surface area contributed by atoms with E-state index in [1.54, 1.807) is 43.3 Å². The molecule has 1 aliphatic rings. The summed E-state index contributed by atoms with van der Waals surface area (Å²) in [5.41, 5.74) is 1.62. The van der Waals surface area contributed by atoms with Gasteiger partial charge in [-0.3, -0.25) is 9.59 Å². The van der Waals surface area contributed by atoms with Crippen LogP contribution in [-0.2, 0) is 20.9 Å². The van der Waals surface area contributed by atoms with Crippen LogP contribution in [0.3, 0.4) is 0 Å². The topological polar surface area (TPSA) is 104 Å². The molecule has 7 heteroatoms. The summed E-state index contributed by atoms with van der Waals surface area (Å²) >= 11 is 0. The SMILES string of the molecule is CCC(=O)C1=C(O)C(=O)N(Cc2ccc(C(=O)OC)cc2)C1c1cccc(O)c1. The minimum Gasteiger partial charge on any atom is -0.508 e. The molecule has 1 amide bonds. The van der Waals surface area contributed by atoms with Gasteiger partial charge in [0, 0.05) is 13.0 Å². The van der Waals surface area contributed by atoms with E-state index in [4.69, 9.17) is 0 Å². The number of rotatable bonds is 6. The van der Waals surface area contributed by atoms with Gasteiger partial charge in [0.15, 0.2) is 11.5 Å². The van der Waals surface area contributed by atoms with E-state index in [0.29, 0.717) is 16.7 Å². The Balaban J connectivity index is 1.99. The minimum absolute atomic E-state index is 0.00739. The van der Waals surface area contributed by atoms with E-state index in [0.717, 1.165) is 0 Å². The van der Waals surface area contributed by atoms with Crippen LogP contribution in [0.5, 0.6) is 5.75 Å². The molecule has 29 heavy (non-hydrogen) atoms. The fourth-order valence-electron chi connectivity index (χ4n) is 3.39. The summed E-state index contributed by atoms with van der Waals surface area (Å²) in [5.74, 6) is -2.05. The van der Waals surface area contributed by atoms with Gasteiger partial charge in [0.1, 0.15) is 5.75 Å². The predicted molar refractivity (Wildman–Crippen MR) is 104 cm³/mol. The number of esters is 1. The van der Waals surface area contributed by atoms with Crippen LogP contribution in [0.25, 0.3) is 0 Å². The van der Waals surface area contributed by atoms with Gasteiger partial charge in [-0.15, -0.1) is 0 Å². The molecule has 1 unspecified atom stereocenters. The molecule has 0 saturated carbocycles. The number of benzene rings is 2. The highest BCUT2D eigenvalue weighted by Crippen LogP contribution is 2.39. The number of aliphatic hydroxyl groups excluding tert-OH is 1. The summed E-state index contributed by atoms with van der Waals surface area (Å²) in [5, 5.41) is 20.3. The van der Waals surface area contributed by atoms with Crippen molar-refractivity contribution in [2.24, 2.45) is 0 Å². The Kier molecular flexibility index (Phi) is 5.68. The van der Waals surface area contributed by atoms with Crippen molar-refractivity contribution in [2.45, 2.75) is 25.9 Å². The number of ether oxygens (including phenoxy) is 1. The van der Waals surface area contributed by atoms with Crippen molar-refractivity contribution < 1.29 is 29.3 Å². The molecule has 1 aliphatic heterocycles. The maximum absolute atomic E-state index is 12.8. The first kappa shape index (κ1) is 20.1. The average Bonchev–Trinajstić information content (AvgIpc) is 2.98. The summed E-state index contributed by atoms with van der Waals surface area (Å²) in [6.07, 6.45) is 0.129. The first-order valence-corrected chi connectivity index (χ1v) is 9.10. The second-order valence-corrected chi connectivity index (χ2v) is 6.66. The van der Waals surface area contributed by atoms with Gasteiger partial charge < -0.3 is 19.8 Å². The van der Waals surface area contributed by atoms with Gasteiger partial charge in [-0.05, 0) is 35.4 Å². The lowest BCUT2D eigenvalue weighted by Crippen LogP contribution is -2.30. The lowest BCUT2D eigenvalue weighted by Gasteiger charge is -2.27. The predicted octanol–water partition coefficient (Wildman–Crippen LogP) is 3.05. The third-order valence-electron chi connectivity index (χ3n) is 4.84. The van der Waals surface area contributed by atoms with Crippen LogP contribution in [-0.4, -0.2) is 39.9 Å². The number of hydrogen-bond donors (Lipinski definition) is 2. The smallest absolute Gasteiger partial charge is 0.337 e. The number of aliphatic hydroxyl groups is 1. The van der Waals surface area contributed by atoms with Gasteiger partial charge in [0.2, 0.25) is 0 Å². The van der Waals surface area contributed by atoms with Crippen molar-refractivity contribution in [2.75, 3.05) is 7.11 Å². The first-order chi connectivity index (χ1) is 13.9. The summed E-state index contributed by atoms with van der Waals surface area (Å²) in [6, 6.07) is 11.9. The number of methoxy groups -OCH3 is 1. The van der Waals surface area contributed by atoms with Gasteiger partial charge in [-0.2, -0.15) is 0 Å². The second kappa shape index (κ2) is 8.18. The number of nitrogens with zero attached hydrogens (tertiary/aromatic N) is 1. The molecular weight excluding hydrogens is 374 g/mol. The van der Waals surface area contributed by atoms with Crippen LogP contribution in [0.2, 0.25) is 0 Å². The molecule has 0 aliphatic carbocycles. The van der Waals surface area contributed by atoms with E-state index < -0.39 is 23.7 Å². The van der Waals surface area contributed by atoms with Gasteiger partial charge in [-0.25, -0.2) is 4.79 Å². The van der Waals surface area contributed by atoms with Crippen LogP contribution in [0.1, 0.15) is 40.9 Å². The fraction of sp³-hybridized carbons (Fsp3) is 0.227. The molecule has 0 saturated heterocycles. The molecule has 1 atom stereocenters. The van der Waals surface area contributed by atoms with Gasteiger partial charge >= 0.3 is 5.97 Å². The van der Waals surface area contributed by atoms with E-state index >= 15 is 0 Å². The number of phenols is 1. The molecule has 3 rings (SSSR count).